The third-order valence-corrected chi connectivity index (χ3v) is 17.8. The molecule has 253 valence electrons. The molecule has 0 spiro atoms. The fourth-order valence-electron chi connectivity index (χ4n) is 6.42. The van der Waals surface area contributed by atoms with Gasteiger partial charge in [-0.15, -0.1) is 11.3 Å². The van der Waals surface area contributed by atoms with Gasteiger partial charge in [-0.1, -0.05) is 6.08 Å². The van der Waals surface area contributed by atoms with Crippen LogP contribution in [0.15, 0.2) is 174 Å². The summed E-state index contributed by atoms with van der Waals surface area (Å²) >= 11 is 7.37. The van der Waals surface area contributed by atoms with Crippen LogP contribution in [0.1, 0.15) is 23.6 Å². The van der Waals surface area contributed by atoms with E-state index < -0.39 is 7.26 Å². The van der Waals surface area contributed by atoms with Crippen molar-refractivity contribution < 1.29 is 22.7 Å². The zero-order valence-electron chi connectivity index (χ0n) is 28.4. The van der Waals surface area contributed by atoms with Crippen LogP contribution in [0.25, 0.3) is 31.7 Å². The summed E-state index contributed by atoms with van der Waals surface area (Å²) in [4.78, 5) is 7.73. The van der Waals surface area contributed by atoms with Gasteiger partial charge in [-0.2, -0.15) is 0 Å². The molecule has 0 saturated carbocycles. The summed E-state index contributed by atoms with van der Waals surface area (Å²) < 4.78 is 9.83. The Balaban J connectivity index is 1.38. The molecule has 1 saturated heterocycles. The minimum absolute atomic E-state index is 0.605. The van der Waals surface area contributed by atoms with Gasteiger partial charge in [0, 0.05) is 4.88 Å². The molecular formula is C45H37OOsPS3+. The Kier molecular flexibility index (Phi) is 11.7. The number of hydrogen-bond acceptors (Lipinski definition) is 4. The number of ether oxygens (including phenoxy) is 1. The molecule has 6 heteroatoms. The van der Waals surface area contributed by atoms with Gasteiger partial charge in [-0.05, 0) is 25.1 Å². The van der Waals surface area contributed by atoms with E-state index in [1.807, 2.05) is 52.0 Å². The molecule has 51 heavy (non-hydrogen) atoms. The van der Waals surface area contributed by atoms with E-state index in [4.69, 9.17) is 4.74 Å². The van der Waals surface area contributed by atoms with E-state index in [0.29, 0.717) is 13.2 Å². The van der Waals surface area contributed by atoms with Gasteiger partial charge in [0.15, 0.2) is 0 Å². The zero-order chi connectivity index (χ0) is 35.0. The van der Waals surface area contributed by atoms with Crippen LogP contribution < -0.4 is 15.9 Å². The van der Waals surface area contributed by atoms with Crippen LogP contribution in [-0.4, -0.2) is 13.2 Å². The standard InChI is InChI=1S/C45H37OPS3.Os/c1-4-15-40-24-26-42(48-40)44-28-29-45(50-44)43-27-25-41(49-43)23-22-35(30-36-32-46-31-34(36)5-2)33(3)47(37-16-9-6-10-17-37,38-18-11-7-12-19-38)39-20-13-8-14-21-39;/h4-30H,31-32H2,1-2H3;/q+1;/b15-4+,23-22+,34-5?,35-33?,36-30?;. The third kappa shape index (κ3) is 7.59. The van der Waals surface area contributed by atoms with E-state index in [0.717, 1.165) is 5.57 Å². The fraction of sp³-hybridized carbons (Fsp3) is 0.0889. The molecule has 0 unspecified atom stereocenters. The van der Waals surface area contributed by atoms with Crippen LogP contribution in [0.3, 0.4) is 0 Å². The van der Waals surface area contributed by atoms with Crippen molar-refractivity contribution in [3.05, 3.63) is 183 Å². The van der Waals surface area contributed by atoms with Crippen LogP contribution in [-0.2, 0) is 22.7 Å². The maximum absolute atomic E-state index is 5.98. The first-order chi connectivity index (χ1) is 25.1. The van der Waals surface area contributed by atoms with E-state index in [9.17, 15) is 0 Å². The van der Waals surface area contributed by atoms with Crippen molar-refractivity contribution in [2.45, 2.75) is 13.8 Å². The first-order valence-corrected chi connectivity index (χ1v) is 22.4. The van der Waals surface area contributed by atoms with Gasteiger partial charge >= 0.3 is 279 Å². The van der Waals surface area contributed by atoms with Crippen molar-refractivity contribution in [2.75, 3.05) is 13.2 Å². The average Bonchev–Trinajstić information content (AvgIpc) is 4.02. The van der Waals surface area contributed by atoms with Gasteiger partial charge in [0.2, 0.25) is 0 Å². The Hall–Kier alpha value is -3.73. The Morgan fingerprint density at radius 1 is 0.608 bits per heavy atom. The first-order valence-electron chi connectivity index (χ1n) is 16.8. The molecule has 3 aromatic heterocycles. The van der Waals surface area contributed by atoms with Gasteiger partial charge in [-0.3, -0.25) is 0 Å². The molecule has 0 atom stereocenters. The number of rotatable bonds is 10. The van der Waals surface area contributed by atoms with Gasteiger partial charge in [0.25, 0.3) is 0 Å². The van der Waals surface area contributed by atoms with Gasteiger partial charge in [0.1, 0.15) is 0 Å². The molecule has 1 aliphatic rings. The van der Waals surface area contributed by atoms with Crippen LogP contribution in [0.2, 0.25) is 0 Å². The van der Waals surface area contributed by atoms with Gasteiger partial charge < -0.3 is 0 Å². The average molecular weight is 911 g/mol. The van der Waals surface area contributed by atoms with Crippen molar-refractivity contribution in [1.29, 1.82) is 0 Å². The summed E-state index contributed by atoms with van der Waals surface area (Å²) in [5.74, 6) is 0. The van der Waals surface area contributed by atoms with E-state index in [-0.39, 0.29) is 0 Å². The SMILES string of the molecule is CC=C1COCC1=CC(/C=C/c1ccc(-c2ccc(-c3ccc(/C=C/C)s3)s2)s1)=C([C]#[Os])[P+](c1ccccc1)(c1ccccc1)c1ccccc1. The molecule has 1 fully saturated rings. The second-order valence-electron chi connectivity index (χ2n) is 11.9. The van der Waals surface area contributed by atoms with Crippen LogP contribution in [0, 0.1) is 4.37 Å². The number of hydrogen-bond donors (Lipinski definition) is 0. The fourth-order valence-corrected chi connectivity index (χ4v) is 15.3. The summed E-state index contributed by atoms with van der Waals surface area (Å²) in [5.41, 5.74) is 3.64. The second-order valence-corrected chi connectivity index (χ2v) is 19.2. The summed E-state index contributed by atoms with van der Waals surface area (Å²) in [5, 5.41) is 5.16. The Bertz CT molecular complexity index is 2220. The van der Waals surface area contributed by atoms with Crippen LogP contribution in [0.5, 0.6) is 0 Å². The molecule has 1 nitrogen and oxygen atoms in total. The minimum atomic E-state index is -2.38. The van der Waals surface area contributed by atoms with Gasteiger partial charge in [-0.25, -0.2) is 0 Å². The van der Waals surface area contributed by atoms with Crippen molar-refractivity contribution >= 4 is 69.3 Å². The molecule has 0 radical (unpaired) electrons. The topological polar surface area (TPSA) is 9.23 Å². The molecular weight excluding hydrogens is 874 g/mol. The van der Waals surface area contributed by atoms with Crippen molar-refractivity contribution in [2.24, 2.45) is 0 Å². The predicted molar refractivity (Wildman–Crippen MR) is 223 cm³/mol. The first kappa shape index (κ1) is 35.7. The van der Waals surface area contributed by atoms with Crippen molar-refractivity contribution in [3.63, 3.8) is 0 Å². The number of thiophene rings is 3. The Morgan fingerprint density at radius 2 is 1.08 bits per heavy atom. The molecule has 7 rings (SSSR count). The normalized spacial score (nSPS) is 15.6. The monoisotopic (exact) mass is 912 g/mol. The maximum atomic E-state index is 5.98. The summed E-state index contributed by atoms with van der Waals surface area (Å²) in [6.45, 7) is 5.42. The second kappa shape index (κ2) is 16.7. The zero-order valence-corrected chi connectivity index (χ0v) is 34.3. The summed E-state index contributed by atoms with van der Waals surface area (Å²) in [7, 11) is -2.38. The molecule has 0 bridgehead atoms. The molecule has 0 aliphatic carbocycles. The van der Waals surface area contributed by atoms with E-state index in [2.05, 4.69) is 182 Å². The Morgan fingerprint density at radius 3 is 1.57 bits per heavy atom. The van der Waals surface area contributed by atoms with Crippen molar-refractivity contribution in [3.8, 4) is 23.9 Å². The van der Waals surface area contributed by atoms with Crippen molar-refractivity contribution in [1.82, 2.24) is 0 Å². The van der Waals surface area contributed by atoms with Gasteiger partial charge in [0.05, 0.1) is 0 Å². The Labute approximate surface area is 324 Å². The third-order valence-electron chi connectivity index (χ3n) is 8.83. The van der Waals surface area contributed by atoms with E-state index in [1.54, 1.807) is 0 Å². The summed E-state index contributed by atoms with van der Waals surface area (Å²) in [6, 6.07) is 46.7. The number of allylic oxidation sites excluding steroid dienone is 6. The molecule has 6 aromatic rings. The number of benzene rings is 3. The molecule has 0 N–H and O–H groups in total. The van der Waals surface area contributed by atoms with E-state index >= 15 is 0 Å². The molecule has 0 amide bonds. The predicted octanol–water partition coefficient (Wildman–Crippen LogP) is 11.9. The quantitative estimate of drug-likeness (QED) is 0.0983. The van der Waals surface area contributed by atoms with Crippen LogP contribution in [0.4, 0.5) is 0 Å². The van der Waals surface area contributed by atoms with Crippen LogP contribution >= 0.6 is 41.3 Å². The summed E-state index contributed by atoms with van der Waals surface area (Å²) in [6.07, 6.45) is 13.4. The molecule has 3 aromatic carbocycles. The molecule has 4 heterocycles. The van der Waals surface area contributed by atoms with E-state index in [1.165, 1.54) is 61.6 Å². The molecule has 1 aliphatic heterocycles.